The highest BCUT2D eigenvalue weighted by Crippen LogP contribution is 2.19. The van der Waals surface area contributed by atoms with E-state index < -0.39 is 0 Å². The summed E-state index contributed by atoms with van der Waals surface area (Å²) in [6, 6.07) is 0. The second kappa shape index (κ2) is 5.72. The number of hydrogen-bond donors (Lipinski definition) is 0. The van der Waals surface area contributed by atoms with Crippen LogP contribution in [0.2, 0.25) is 0 Å². The number of nitrogens with zero attached hydrogens (tertiary/aromatic N) is 1. The van der Waals surface area contributed by atoms with E-state index in [2.05, 4.69) is 20.8 Å². The largest absolute Gasteiger partial charge is 0.367 e. The first-order valence-electron chi connectivity index (χ1n) is 6.23. The van der Waals surface area contributed by atoms with Gasteiger partial charge in [0.2, 0.25) is 0 Å². The molecule has 1 saturated heterocycles. The minimum atomic E-state index is 0.583. The Morgan fingerprint density at radius 3 is 1.71 bits per heavy atom. The molecular weight excluding hydrogens is 174 g/mol. The van der Waals surface area contributed by atoms with Crippen LogP contribution in [0.4, 0.5) is 0 Å². The van der Waals surface area contributed by atoms with Crippen LogP contribution in [0, 0.1) is 0 Å². The second-order valence-corrected chi connectivity index (χ2v) is 4.65. The molecule has 14 heavy (non-hydrogen) atoms. The molecule has 1 unspecified atom stereocenters. The van der Waals surface area contributed by atoms with E-state index in [0.29, 0.717) is 6.10 Å². The number of epoxide rings is 1. The molecule has 0 aliphatic carbocycles. The zero-order chi connectivity index (χ0) is 10.4. The Kier molecular flexibility index (Phi) is 4.90. The molecular formula is C12H26NO+. The molecule has 0 spiro atoms. The average molecular weight is 200 g/mol. The van der Waals surface area contributed by atoms with Gasteiger partial charge in [0, 0.05) is 0 Å². The standard InChI is InChI=1S/C12H26NO/c1-4-7-13(8-5-2,9-6-3)10-12-11-14-12/h12H,4-11H2,1-3H3/q+1. The molecule has 0 aromatic rings. The summed E-state index contributed by atoms with van der Waals surface area (Å²) in [6.45, 7) is 13.2. The van der Waals surface area contributed by atoms with Crippen LogP contribution in [0.15, 0.2) is 0 Å². The molecule has 1 heterocycles. The molecule has 0 radical (unpaired) electrons. The first-order chi connectivity index (χ1) is 6.76. The first kappa shape index (κ1) is 12.0. The highest BCUT2D eigenvalue weighted by molar-refractivity contribution is 4.68. The SMILES string of the molecule is CCC[N+](CCC)(CCC)CC1CO1. The van der Waals surface area contributed by atoms with Gasteiger partial charge in [0.1, 0.15) is 12.6 Å². The van der Waals surface area contributed by atoms with Crippen LogP contribution in [0.25, 0.3) is 0 Å². The third kappa shape index (κ3) is 3.58. The van der Waals surface area contributed by atoms with Crippen molar-refractivity contribution < 1.29 is 9.22 Å². The molecule has 0 bridgehead atoms. The van der Waals surface area contributed by atoms with Crippen LogP contribution in [0.5, 0.6) is 0 Å². The van der Waals surface area contributed by atoms with Crippen molar-refractivity contribution in [2.75, 3.05) is 32.8 Å². The molecule has 1 aliphatic heterocycles. The summed E-state index contributed by atoms with van der Waals surface area (Å²) in [4.78, 5) is 0. The van der Waals surface area contributed by atoms with Crippen LogP contribution in [0.3, 0.4) is 0 Å². The lowest BCUT2D eigenvalue weighted by atomic mass is 10.2. The summed E-state index contributed by atoms with van der Waals surface area (Å²) in [6.07, 6.45) is 4.48. The summed E-state index contributed by atoms with van der Waals surface area (Å²) >= 11 is 0. The topological polar surface area (TPSA) is 12.5 Å². The van der Waals surface area contributed by atoms with Gasteiger partial charge in [-0.1, -0.05) is 20.8 Å². The third-order valence-corrected chi connectivity index (χ3v) is 3.09. The van der Waals surface area contributed by atoms with E-state index in [1.807, 2.05) is 0 Å². The Morgan fingerprint density at radius 2 is 1.43 bits per heavy atom. The smallest absolute Gasteiger partial charge is 0.130 e. The predicted octanol–water partition coefficient (Wildman–Crippen LogP) is 2.43. The number of ether oxygens (including phenoxy) is 1. The van der Waals surface area contributed by atoms with Crippen LogP contribution < -0.4 is 0 Å². The average Bonchev–Trinajstić information content (AvgIpc) is 2.89. The van der Waals surface area contributed by atoms with Crippen LogP contribution in [-0.4, -0.2) is 43.4 Å². The normalized spacial score (nSPS) is 21.2. The van der Waals surface area contributed by atoms with Gasteiger partial charge in [0.15, 0.2) is 0 Å². The molecule has 0 aromatic carbocycles. The molecule has 1 fully saturated rings. The maximum atomic E-state index is 5.39. The second-order valence-electron chi connectivity index (χ2n) is 4.65. The summed E-state index contributed by atoms with van der Waals surface area (Å²) in [5.74, 6) is 0. The lowest BCUT2D eigenvalue weighted by Crippen LogP contribution is -2.52. The van der Waals surface area contributed by atoms with E-state index in [1.165, 1.54) is 49.9 Å². The summed E-state index contributed by atoms with van der Waals surface area (Å²) in [5.41, 5.74) is 0. The van der Waals surface area contributed by atoms with E-state index in [0.717, 1.165) is 6.61 Å². The molecule has 1 rings (SSSR count). The van der Waals surface area contributed by atoms with Crippen molar-refractivity contribution in [2.45, 2.75) is 46.1 Å². The Bertz CT molecular complexity index is 137. The fourth-order valence-electron chi connectivity index (χ4n) is 2.64. The monoisotopic (exact) mass is 200 g/mol. The van der Waals surface area contributed by atoms with Gasteiger partial charge >= 0.3 is 0 Å². The van der Waals surface area contributed by atoms with Gasteiger partial charge in [-0.2, -0.15) is 0 Å². The van der Waals surface area contributed by atoms with Crippen molar-refractivity contribution in [1.82, 2.24) is 0 Å². The van der Waals surface area contributed by atoms with Crippen LogP contribution >= 0.6 is 0 Å². The van der Waals surface area contributed by atoms with Crippen LogP contribution in [-0.2, 0) is 4.74 Å². The zero-order valence-corrected chi connectivity index (χ0v) is 10.1. The van der Waals surface area contributed by atoms with Crippen molar-refractivity contribution in [3.63, 3.8) is 0 Å². The van der Waals surface area contributed by atoms with Gasteiger partial charge in [-0.05, 0) is 19.3 Å². The lowest BCUT2D eigenvalue weighted by Gasteiger charge is -2.38. The molecule has 84 valence electrons. The highest BCUT2D eigenvalue weighted by atomic mass is 16.6. The van der Waals surface area contributed by atoms with E-state index in [-0.39, 0.29) is 0 Å². The molecule has 2 heteroatoms. The van der Waals surface area contributed by atoms with Crippen LogP contribution in [0.1, 0.15) is 40.0 Å². The highest BCUT2D eigenvalue weighted by Gasteiger charge is 2.35. The maximum Gasteiger partial charge on any atom is 0.130 e. The maximum absolute atomic E-state index is 5.39. The fraction of sp³-hybridized carbons (Fsp3) is 1.00. The Hall–Kier alpha value is -0.0800. The van der Waals surface area contributed by atoms with Gasteiger partial charge in [0.05, 0.1) is 26.2 Å². The zero-order valence-electron chi connectivity index (χ0n) is 10.1. The van der Waals surface area contributed by atoms with Crippen molar-refractivity contribution >= 4 is 0 Å². The molecule has 2 nitrogen and oxygen atoms in total. The summed E-state index contributed by atoms with van der Waals surface area (Å²) in [5, 5.41) is 0. The van der Waals surface area contributed by atoms with Gasteiger partial charge < -0.3 is 9.22 Å². The third-order valence-electron chi connectivity index (χ3n) is 3.09. The minimum Gasteiger partial charge on any atom is -0.367 e. The number of hydrogen-bond acceptors (Lipinski definition) is 1. The lowest BCUT2D eigenvalue weighted by molar-refractivity contribution is -0.928. The summed E-state index contributed by atoms with van der Waals surface area (Å²) < 4.78 is 6.69. The van der Waals surface area contributed by atoms with Crippen molar-refractivity contribution in [2.24, 2.45) is 0 Å². The van der Waals surface area contributed by atoms with Gasteiger partial charge in [-0.15, -0.1) is 0 Å². The van der Waals surface area contributed by atoms with E-state index in [4.69, 9.17) is 4.74 Å². The van der Waals surface area contributed by atoms with E-state index >= 15 is 0 Å². The number of rotatable bonds is 8. The predicted molar refractivity (Wildman–Crippen MR) is 60.3 cm³/mol. The minimum absolute atomic E-state index is 0.583. The Labute approximate surface area is 88.8 Å². The molecule has 0 saturated carbocycles. The number of quaternary nitrogens is 1. The Morgan fingerprint density at radius 1 is 1.00 bits per heavy atom. The molecule has 0 aromatic heterocycles. The molecule has 1 aliphatic rings. The van der Waals surface area contributed by atoms with Crippen molar-refractivity contribution in [3.05, 3.63) is 0 Å². The quantitative estimate of drug-likeness (QED) is 0.433. The van der Waals surface area contributed by atoms with Gasteiger partial charge in [0.25, 0.3) is 0 Å². The van der Waals surface area contributed by atoms with Gasteiger partial charge in [-0.3, -0.25) is 0 Å². The van der Waals surface area contributed by atoms with Crippen molar-refractivity contribution in [3.8, 4) is 0 Å². The summed E-state index contributed by atoms with van der Waals surface area (Å²) in [7, 11) is 0. The van der Waals surface area contributed by atoms with Gasteiger partial charge in [-0.25, -0.2) is 0 Å². The van der Waals surface area contributed by atoms with Crippen molar-refractivity contribution in [1.29, 1.82) is 0 Å². The van der Waals surface area contributed by atoms with E-state index in [9.17, 15) is 0 Å². The van der Waals surface area contributed by atoms with E-state index in [1.54, 1.807) is 0 Å². The first-order valence-corrected chi connectivity index (χ1v) is 6.23. The Balaban J connectivity index is 2.49. The molecule has 0 amide bonds. The molecule has 0 N–H and O–H groups in total. The fourth-order valence-corrected chi connectivity index (χ4v) is 2.64. The molecule has 1 atom stereocenters.